The van der Waals surface area contributed by atoms with Gasteiger partial charge in [-0.1, -0.05) is 80.0 Å². The van der Waals surface area contributed by atoms with Crippen molar-refractivity contribution in [3.05, 3.63) is 101 Å². The fraction of sp³-hybridized carbons (Fsp3) is 0.174. The maximum Gasteiger partial charge on any atom is 0.315 e. The Morgan fingerprint density at radius 3 is 2.04 bits per heavy atom. The van der Waals surface area contributed by atoms with Gasteiger partial charge in [-0.3, -0.25) is 4.79 Å². The molecule has 26 heavy (non-hydrogen) atoms. The molecular weight excluding hydrogens is 344 g/mol. The number of halogens is 1. The van der Waals surface area contributed by atoms with E-state index in [1.165, 1.54) is 11.1 Å². The van der Waals surface area contributed by atoms with E-state index in [-0.39, 0.29) is 17.8 Å². The number of hydrogen-bond acceptors (Lipinski definition) is 2. The van der Waals surface area contributed by atoms with Crippen LogP contribution in [-0.4, -0.2) is 5.97 Å². The van der Waals surface area contributed by atoms with Gasteiger partial charge in [-0.15, -0.1) is 0 Å². The Morgan fingerprint density at radius 1 is 0.846 bits per heavy atom. The summed E-state index contributed by atoms with van der Waals surface area (Å²) < 4.78 is 5.45. The first-order valence-corrected chi connectivity index (χ1v) is 8.94. The standard InChI is InChI=1S/C23H21ClO2/c1-23(2,18-6-4-3-5-7-18)19-10-14-21(15-11-19)26-22(25)16-17-8-12-20(24)13-9-17/h3-15H,16H2,1-2H3. The van der Waals surface area contributed by atoms with Crippen molar-refractivity contribution in [1.29, 1.82) is 0 Å². The molecule has 0 aliphatic rings. The Balaban J connectivity index is 1.67. The van der Waals surface area contributed by atoms with Gasteiger partial charge in [0, 0.05) is 10.4 Å². The summed E-state index contributed by atoms with van der Waals surface area (Å²) in [4.78, 5) is 12.1. The predicted molar refractivity (Wildman–Crippen MR) is 106 cm³/mol. The Kier molecular flexibility index (Phi) is 5.43. The first-order chi connectivity index (χ1) is 12.4. The van der Waals surface area contributed by atoms with E-state index in [9.17, 15) is 4.79 Å². The fourth-order valence-corrected chi connectivity index (χ4v) is 3.02. The summed E-state index contributed by atoms with van der Waals surface area (Å²) in [5.74, 6) is 0.263. The first kappa shape index (κ1) is 18.2. The summed E-state index contributed by atoms with van der Waals surface area (Å²) >= 11 is 5.86. The average Bonchev–Trinajstić information content (AvgIpc) is 2.65. The molecule has 0 saturated heterocycles. The Morgan fingerprint density at radius 2 is 1.42 bits per heavy atom. The molecule has 0 amide bonds. The molecule has 0 aliphatic carbocycles. The van der Waals surface area contributed by atoms with E-state index in [2.05, 4.69) is 26.0 Å². The minimum absolute atomic E-state index is 0.118. The van der Waals surface area contributed by atoms with Gasteiger partial charge in [0.05, 0.1) is 6.42 Å². The molecule has 0 heterocycles. The van der Waals surface area contributed by atoms with Crippen LogP contribution in [0.15, 0.2) is 78.9 Å². The van der Waals surface area contributed by atoms with Crippen LogP contribution in [0.3, 0.4) is 0 Å². The number of carbonyl (C=O) groups is 1. The van der Waals surface area contributed by atoms with Gasteiger partial charge in [-0.25, -0.2) is 0 Å². The zero-order valence-electron chi connectivity index (χ0n) is 14.9. The molecule has 0 spiro atoms. The molecule has 0 saturated carbocycles. The van der Waals surface area contributed by atoms with Gasteiger partial charge in [0.15, 0.2) is 0 Å². The van der Waals surface area contributed by atoms with E-state index in [1.807, 2.05) is 54.6 Å². The van der Waals surface area contributed by atoms with Crippen molar-refractivity contribution in [3.63, 3.8) is 0 Å². The highest BCUT2D eigenvalue weighted by molar-refractivity contribution is 6.30. The second-order valence-electron chi connectivity index (χ2n) is 6.79. The molecule has 0 aromatic heterocycles. The molecule has 0 unspecified atom stereocenters. The summed E-state index contributed by atoms with van der Waals surface area (Å²) in [6.45, 7) is 4.37. The zero-order valence-corrected chi connectivity index (χ0v) is 15.7. The van der Waals surface area contributed by atoms with Crippen LogP contribution in [0.1, 0.15) is 30.5 Å². The second kappa shape index (κ2) is 7.76. The van der Waals surface area contributed by atoms with Crippen LogP contribution in [0.4, 0.5) is 0 Å². The average molecular weight is 365 g/mol. The summed E-state index contributed by atoms with van der Waals surface area (Å²) in [6, 6.07) is 25.3. The summed E-state index contributed by atoms with van der Waals surface area (Å²) in [5.41, 5.74) is 3.17. The van der Waals surface area contributed by atoms with Gasteiger partial charge < -0.3 is 4.74 Å². The number of carbonyl (C=O) groups excluding carboxylic acids is 1. The molecule has 3 rings (SSSR count). The third kappa shape index (κ3) is 4.33. The van der Waals surface area contributed by atoms with Crippen LogP contribution in [0, 0.1) is 0 Å². The van der Waals surface area contributed by atoms with Crippen molar-refractivity contribution < 1.29 is 9.53 Å². The summed E-state index contributed by atoms with van der Waals surface area (Å²) in [7, 11) is 0. The van der Waals surface area contributed by atoms with E-state index in [1.54, 1.807) is 12.1 Å². The van der Waals surface area contributed by atoms with E-state index in [0.29, 0.717) is 10.8 Å². The van der Waals surface area contributed by atoms with E-state index < -0.39 is 0 Å². The maximum absolute atomic E-state index is 12.1. The third-order valence-electron chi connectivity index (χ3n) is 4.56. The lowest BCUT2D eigenvalue weighted by Crippen LogP contribution is -2.18. The molecule has 132 valence electrons. The van der Waals surface area contributed by atoms with Gasteiger partial charge in [0.1, 0.15) is 5.75 Å². The van der Waals surface area contributed by atoms with Crippen LogP contribution >= 0.6 is 11.6 Å². The van der Waals surface area contributed by atoms with Gasteiger partial charge in [0.25, 0.3) is 0 Å². The molecule has 0 atom stereocenters. The Hall–Kier alpha value is -2.58. The highest BCUT2D eigenvalue weighted by Crippen LogP contribution is 2.32. The van der Waals surface area contributed by atoms with Crippen molar-refractivity contribution in [2.45, 2.75) is 25.7 Å². The van der Waals surface area contributed by atoms with Gasteiger partial charge in [-0.2, -0.15) is 0 Å². The minimum atomic E-state index is -0.289. The van der Waals surface area contributed by atoms with Gasteiger partial charge in [-0.05, 0) is 41.0 Å². The van der Waals surface area contributed by atoms with Crippen molar-refractivity contribution in [3.8, 4) is 5.75 Å². The van der Waals surface area contributed by atoms with Gasteiger partial charge in [0.2, 0.25) is 0 Å². The fourth-order valence-electron chi connectivity index (χ4n) is 2.90. The summed E-state index contributed by atoms with van der Waals surface area (Å²) in [5, 5.41) is 0.652. The van der Waals surface area contributed by atoms with Crippen molar-refractivity contribution >= 4 is 17.6 Å². The third-order valence-corrected chi connectivity index (χ3v) is 4.82. The number of hydrogen-bond donors (Lipinski definition) is 0. The Bertz CT molecular complexity index is 866. The number of rotatable bonds is 5. The molecule has 3 aromatic rings. The molecule has 0 bridgehead atoms. The molecule has 0 radical (unpaired) electrons. The summed E-state index contributed by atoms with van der Waals surface area (Å²) in [6.07, 6.45) is 0.217. The van der Waals surface area contributed by atoms with Crippen molar-refractivity contribution in [2.24, 2.45) is 0 Å². The molecule has 3 heteroatoms. The largest absolute Gasteiger partial charge is 0.426 e. The lowest BCUT2D eigenvalue weighted by molar-refractivity contribution is -0.133. The van der Waals surface area contributed by atoms with Crippen molar-refractivity contribution in [1.82, 2.24) is 0 Å². The van der Waals surface area contributed by atoms with Crippen LogP contribution in [-0.2, 0) is 16.6 Å². The normalized spacial score (nSPS) is 11.2. The second-order valence-corrected chi connectivity index (χ2v) is 7.23. The highest BCUT2D eigenvalue weighted by atomic mass is 35.5. The monoisotopic (exact) mass is 364 g/mol. The van der Waals surface area contributed by atoms with Crippen LogP contribution < -0.4 is 4.74 Å². The quantitative estimate of drug-likeness (QED) is 0.421. The molecule has 0 fully saturated rings. The van der Waals surface area contributed by atoms with E-state index in [0.717, 1.165) is 5.56 Å². The van der Waals surface area contributed by atoms with Crippen LogP contribution in [0.2, 0.25) is 5.02 Å². The molecule has 2 nitrogen and oxygen atoms in total. The number of ether oxygens (including phenoxy) is 1. The Labute approximate surface area is 159 Å². The lowest BCUT2D eigenvalue weighted by atomic mass is 9.78. The lowest BCUT2D eigenvalue weighted by Gasteiger charge is -2.26. The number of esters is 1. The number of benzene rings is 3. The maximum atomic E-state index is 12.1. The molecule has 3 aromatic carbocycles. The SMILES string of the molecule is CC(C)(c1ccccc1)c1ccc(OC(=O)Cc2ccc(Cl)cc2)cc1. The smallest absolute Gasteiger partial charge is 0.315 e. The highest BCUT2D eigenvalue weighted by Gasteiger charge is 2.22. The van der Waals surface area contributed by atoms with E-state index >= 15 is 0 Å². The molecular formula is C23H21ClO2. The van der Waals surface area contributed by atoms with E-state index in [4.69, 9.17) is 16.3 Å². The van der Waals surface area contributed by atoms with Gasteiger partial charge >= 0.3 is 5.97 Å². The predicted octanol–water partition coefficient (Wildman–Crippen LogP) is 5.81. The topological polar surface area (TPSA) is 26.3 Å². The van der Waals surface area contributed by atoms with Crippen LogP contribution in [0.5, 0.6) is 5.75 Å². The molecule has 0 aliphatic heterocycles. The first-order valence-electron chi connectivity index (χ1n) is 8.56. The molecule has 0 N–H and O–H groups in total. The minimum Gasteiger partial charge on any atom is -0.426 e. The zero-order chi connectivity index (χ0) is 18.6. The van der Waals surface area contributed by atoms with Crippen LogP contribution in [0.25, 0.3) is 0 Å². The van der Waals surface area contributed by atoms with Crippen molar-refractivity contribution in [2.75, 3.05) is 0 Å².